The number of alkyl carbamates (subject to hydrolysis) is 1. The van der Waals surface area contributed by atoms with Gasteiger partial charge in [-0.1, -0.05) is 32.8 Å². The molecule has 2 N–H and O–H groups in total. The number of benzene rings is 1. The van der Waals surface area contributed by atoms with Crippen LogP contribution in [0.2, 0.25) is 0 Å². The molecule has 3 aliphatic rings. The number of fused-ring (bicyclic) bond motifs is 2. The van der Waals surface area contributed by atoms with Crippen molar-refractivity contribution in [2.75, 3.05) is 7.11 Å². The number of nitrogens with one attached hydrogen (secondary N) is 2. The Balaban J connectivity index is 1.46. The van der Waals surface area contributed by atoms with E-state index in [2.05, 4.69) is 10.3 Å². The summed E-state index contributed by atoms with van der Waals surface area (Å²) >= 11 is 0. The van der Waals surface area contributed by atoms with Gasteiger partial charge >= 0.3 is 13.2 Å². The number of ether oxygens (including phenoxy) is 1. The van der Waals surface area contributed by atoms with Crippen LogP contribution in [0.25, 0.3) is 11.0 Å². The van der Waals surface area contributed by atoms with E-state index in [4.69, 9.17) is 19.0 Å². The molecule has 4 atom stereocenters. The van der Waals surface area contributed by atoms with E-state index < -0.39 is 30.5 Å². The molecule has 4 unspecified atom stereocenters. The molecule has 1 aliphatic carbocycles. The minimum Gasteiger partial charge on any atom is -0.453 e. The van der Waals surface area contributed by atoms with Gasteiger partial charge in [0.25, 0.3) is 0 Å². The maximum atomic E-state index is 14.0. The first-order valence-electron chi connectivity index (χ1n) is 13.9. The Morgan fingerprint density at radius 1 is 1.16 bits per heavy atom. The van der Waals surface area contributed by atoms with Gasteiger partial charge in [-0.25, -0.2) is 9.78 Å². The molecule has 38 heavy (non-hydrogen) atoms. The summed E-state index contributed by atoms with van der Waals surface area (Å²) in [7, 11) is 0.860. The van der Waals surface area contributed by atoms with Crippen molar-refractivity contribution in [3.05, 3.63) is 24.0 Å². The number of amides is 2. The molecule has 1 aromatic carbocycles. The topological polar surface area (TPSA) is 106 Å². The van der Waals surface area contributed by atoms with Gasteiger partial charge in [-0.15, -0.1) is 0 Å². The normalized spacial score (nSPS) is 27.0. The second-order valence-electron chi connectivity index (χ2n) is 12.5. The van der Waals surface area contributed by atoms with Crippen LogP contribution in [-0.2, 0) is 18.8 Å². The second kappa shape index (κ2) is 9.86. The van der Waals surface area contributed by atoms with Crippen molar-refractivity contribution in [3.8, 4) is 0 Å². The molecule has 0 spiro atoms. The van der Waals surface area contributed by atoms with Crippen LogP contribution < -0.4 is 10.8 Å². The molecule has 2 aromatic rings. The molecular formula is C28H41BN4O5. The van der Waals surface area contributed by atoms with Gasteiger partial charge in [0.1, 0.15) is 11.9 Å². The van der Waals surface area contributed by atoms with Gasteiger partial charge in [-0.3, -0.25) is 4.79 Å². The zero-order valence-corrected chi connectivity index (χ0v) is 23.7. The van der Waals surface area contributed by atoms with Crippen molar-refractivity contribution < 1.29 is 23.6 Å². The lowest BCUT2D eigenvalue weighted by Gasteiger charge is -2.36. The average Bonchev–Trinajstić information content (AvgIpc) is 3.52. The van der Waals surface area contributed by atoms with Gasteiger partial charge in [0.2, 0.25) is 5.91 Å². The van der Waals surface area contributed by atoms with Crippen molar-refractivity contribution in [3.63, 3.8) is 0 Å². The van der Waals surface area contributed by atoms with Gasteiger partial charge in [0.05, 0.1) is 35.4 Å². The Morgan fingerprint density at radius 2 is 1.84 bits per heavy atom. The standard InChI is InChI=1S/C28H41BN4O5/c1-16(2)23(32-26(35)36-7)25(34)33-21-11-9-8-10-17(21)14-22(33)24-30-19-13-12-18(15-20(19)31-24)29-37-27(3,4)28(5,6)38-29/h12-13,15-17,21-23H,8-11,14H2,1-7H3,(H,30,31)(H,32,35). The summed E-state index contributed by atoms with van der Waals surface area (Å²) in [5.41, 5.74) is 1.83. The number of carbonyl (C=O) groups excluding carboxylic acids is 2. The van der Waals surface area contributed by atoms with Crippen LogP contribution in [0.15, 0.2) is 18.2 Å². The molecule has 1 aromatic heterocycles. The highest BCUT2D eigenvalue weighted by molar-refractivity contribution is 6.62. The van der Waals surface area contributed by atoms with Crippen LogP contribution in [0.5, 0.6) is 0 Å². The third kappa shape index (κ3) is 4.70. The Bertz CT molecular complexity index is 1200. The molecule has 9 nitrogen and oxygen atoms in total. The van der Waals surface area contributed by atoms with Crippen LogP contribution in [0.3, 0.4) is 0 Å². The van der Waals surface area contributed by atoms with Crippen molar-refractivity contribution in [2.45, 2.75) is 103 Å². The number of aromatic nitrogens is 2. The Morgan fingerprint density at radius 3 is 2.50 bits per heavy atom. The Labute approximate surface area is 225 Å². The van der Waals surface area contributed by atoms with E-state index in [-0.39, 0.29) is 23.9 Å². The first-order chi connectivity index (χ1) is 17.9. The smallest absolute Gasteiger partial charge is 0.453 e. The maximum absolute atomic E-state index is 14.0. The van der Waals surface area contributed by atoms with E-state index in [0.29, 0.717) is 5.92 Å². The van der Waals surface area contributed by atoms with Crippen LogP contribution >= 0.6 is 0 Å². The molecule has 0 bridgehead atoms. The van der Waals surface area contributed by atoms with E-state index in [9.17, 15) is 9.59 Å². The molecular weight excluding hydrogens is 483 g/mol. The third-order valence-corrected chi connectivity index (χ3v) is 9.10. The SMILES string of the molecule is COC(=O)NC(C(=O)N1C(c2nc3ccc(B4OC(C)(C)C(C)(C)O4)cc3[nH]2)CC2CCCCC21)C(C)C. The number of hydrogen-bond donors (Lipinski definition) is 2. The van der Waals surface area contributed by atoms with Gasteiger partial charge in [0, 0.05) is 6.04 Å². The highest BCUT2D eigenvalue weighted by Crippen LogP contribution is 2.46. The van der Waals surface area contributed by atoms with Crippen molar-refractivity contribution in [1.82, 2.24) is 20.2 Å². The fourth-order valence-electron chi connectivity index (χ4n) is 6.21. The van der Waals surface area contributed by atoms with Crippen LogP contribution in [0.1, 0.15) is 85.5 Å². The molecule has 206 valence electrons. The number of H-pyrrole nitrogens is 1. The Hall–Kier alpha value is -2.59. The lowest BCUT2D eigenvalue weighted by atomic mass is 9.79. The number of methoxy groups -OCH3 is 1. The third-order valence-electron chi connectivity index (χ3n) is 9.10. The predicted molar refractivity (Wildman–Crippen MR) is 146 cm³/mol. The lowest BCUT2D eigenvalue weighted by Crippen LogP contribution is -2.53. The van der Waals surface area contributed by atoms with Gasteiger partial charge in [-0.05, 0) is 76.4 Å². The van der Waals surface area contributed by atoms with Crippen molar-refractivity contribution >= 4 is 35.6 Å². The van der Waals surface area contributed by atoms with Gasteiger partial charge in [-0.2, -0.15) is 0 Å². The van der Waals surface area contributed by atoms with E-state index in [1.165, 1.54) is 13.5 Å². The summed E-state index contributed by atoms with van der Waals surface area (Å²) in [6.07, 6.45) is 4.64. The van der Waals surface area contributed by atoms with Crippen molar-refractivity contribution in [2.24, 2.45) is 11.8 Å². The van der Waals surface area contributed by atoms with Crippen LogP contribution in [0, 0.1) is 11.8 Å². The number of nitrogens with zero attached hydrogens (tertiary/aromatic N) is 2. The molecule has 3 heterocycles. The average molecular weight is 524 g/mol. The van der Waals surface area contributed by atoms with E-state index >= 15 is 0 Å². The summed E-state index contributed by atoms with van der Waals surface area (Å²) in [4.78, 5) is 36.6. The molecule has 3 fully saturated rings. The first-order valence-corrected chi connectivity index (χ1v) is 13.9. The number of imidazole rings is 1. The van der Waals surface area contributed by atoms with Crippen molar-refractivity contribution in [1.29, 1.82) is 0 Å². The van der Waals surface area contributed by atoms with Crippen LogP contribution in [-0.4, -0.2) is 64.4 Å². The number of aromatic amines is 1. The molecule has 5 rings (SSSR count). The fourth-order valence-corrected chi connectivity index (χ4v) is 6.21. The summed E-state index contributed by atoms with van der Waals surface area (Å²) in [6.45, 7) is 12.1. The number of likely N-dealkylation sites (tertiary alicyclic amines) is 1. The molecule has 2 saturated heterocycles. The highest BCUT2D eigenvalue weighted by atomic mass is 16.7. The minimum absolute atomic E-state index is 0.0665. The zero-order valence-electron chi connectivity index (χ0n) is 23.7. The van der Waals surface area contributed by atoms with E-state index in [0.717, 1.165) is 48.0 Å². The molecule has 10 heteroatoms. The largest absolute Gasteiger partial charge is 0.494 e. The maximum Gasteiger partial charge on any atom is 0.494 e. The quantitative estimate of drug-likeness (QED) is 0.572. The van der Waals surface area contributed by atoms with E-state index in [1.807, 2.05) is 64.6 Å². The number of hydrogen-bond acceptors (Lipinski definition) is 6. The lowest BCUT2D eigenvalue weighted by molar-refractivity contribution is -0.138. The molecule has 2 aliphatic heterocycles. The van der Waals surface area contributed by atoms with Gasteiger partial charge in [0.15, 0.2) is 0 Å². The van der Waals surface area contributed by atoms with Crippen LogP contribution in [0.4, 0.5) is 4.79 Å². The monoisotopic (exact) mass is 524 g/mol. The fraction of sp³-hybridized carbons (Fsp3) is 0.679. The molecule has 2 amide bonds. The van der Waals surface area contributed by atoms with Gasteiger partial charge < -0.3 is 29.2 Å². The zero-order chi connectivity index (χ0) is 27.4. The molecule has 1 saturated carbocycles. The summed E-state index contributed by atoms with van der Waals surface area (Å²) < 4.78 is 17.3. The first kappa shape index (κ1) is 27.0. The predicted octanol–water partition coefficient (Wildman–Crippen LogP) is 4.07. The number of rotatable bonds is 5. The molecule has 0 radical (unpaired) electrons. The summed E-state index contributed by atoms with van der Waals surface area (Å²) in [5, 5.41) is 2.78. The van der Waals surface area contributed by atoms with E-state index in [1.54, 1.807) is 0 Å². The highest BCUT2D eigenvalue weighted by Gasteiger charge is 2.52. The summed E-state index contributed by atoms with van der Waals surface area (Å²) in [5.74, 6) is 1.07. The number of carbonyl (C=O) groups is 2. The second-order valence-corrected chi connectivity index (χ2v) is 12.5. The minimum atomic E-state index is -0.662. The Kier molecular flexibility index (Phi) is 7.01. The summed E-state index contributed by atoms with van der Waals surface area (Å²) in [6, 6.07) is 5.34.